The van der Waals surface area contributed by atoms with Crippen molar-refractivity contribution in [3.8, 4) is 0 Å². The number of aromatic nitrogens is 2. The molecule has 0 bridgehead atoms. The lowest BCUT2D eigenvalue weighted by Crippen LogP contribution is -2.37. The first-order valence-corrected chi connectivity index (χ1v) is 8.65. The van der Waals surface area contributed by atoms with E-state index in [1.807, 2.05) is 0 Å². The number of halogens is 3. The Morgan fingerprint density at radius 2 is 1.76 bits per heavy atom. The lowest BCUT2D eigenvalue weighted by molar-refractivity contribution is -0.137. The molecule has 2 N–H and O–H groups in total. The molecule has 2 aliphatic rings. The molecule has 0 amide bonds. The van der Waals surface area contributed by atoms with Crippen molar-refractivity contribution in [1.82, 2.24) is 10.1 Å². The Kier molecular flexibility index (Phi) is 3.68. The zero-order valence-electron chi connectivity index (χ0n) is 13.8. The van der Waals surface area contributed by atoms with Crippen molar-refractivity contribution in [1.29, 1.82) is 0 Å². The summed E-state index contributed by atoms with van der Waals surface area (Å²) in [6, 6.07) is 5.45. The predicted molar refractivity (Wildman–Crippen MR) is 84.7 cm³/mol. The van der Waals surface area contributed by atoms with Gasteiger partial charge in [-0.2, -0.15) is 18.2 Å². The molecular formula is C18H20F3N3O. The van der Waals surface area contributed by atoms with Gasteiger partial charge in [0.15, 0.2) is 5.82 Å². The normalized spacial score (nSPS) is 21.9. The molecule has 1 aromatic carbocycles. The minimum atomic E-state index is -4.37. The summed E-state index contributed by atoms with van der Waals surface area (Å²) in [5.41, 5.74) is 5.12. The summed E-state index contributed by atoms with van der Waals surface area (Å²) < 4.78 is 44.7. The number of rotatable bonds is 3. The van der Waals surface area contributed by atoms with Crippen LogP contribution in [0.2, 0.25) is 0 Å². The van der Waals surface area contributed by atoms with Gasteiger partial charge in [0.05, 0.1) is 16.5 Å². The number of nitrogens with two attached hydrogens (primary N) is 1. The Morgan fingerprint density at radius 1 is 1.04 bits per heavy atom. The number of hydrogen-bond donors (Lipinski definition) is 1. The smallest absolute Gasteiger partial charge is 0.338 e. The molecule has 1 heterocycles. The van der Waals surface area contributed by atoms with Crippen molar-refractivity contribution in [2.75, 3.05) is 0 Å². The first-order valence-electron chi connectivity index (χ1n) is 8.65. The van der Waals surface area contributed by atoms with Gasteiger partial charge < -0.3 is 10.3 Å². The van der Waals surface area contributed by atoms with Crippen LogP contribution in [0.1, 0.15) is 67.8 Å². The number of nitrogens with zero attached hydrogens (tertiary/aromatic N) is 2. The van der Waals surface area contributed by atoms with Crippen LogP contribution in [-0.2, 0) is 17.1 Å². The first-order chi connectivity index (χ1) is 11.8. The second kappa shape index (κ2) is 5.56. The number of benzene rings is 1. The Bertz CT molecular complexity index is 774. The summed E-state index contributed by atoms with van der Waals surface area (Å²) in [6.07, 6.45) is 1.62. The molecule has 1 aromatic heterocycles. The maximum absolute atomic E-state index is 13.1. The molecular weight excluding hydrogens is 331 g/mol. The molecule has 0 spiro atoms. The van der Waals surface area contributed by atoms with Crippen LogP contribution in [0.25, 0.3) is 0 Å². The molecule has 4 nitrogen and oxygen atoms in total. The van der Waals surface area contributed by atoms with E-state index in [1.54, 1.807) is 6.07 Å². The average molecular weight is 351 g/mol. The monoisotopic (exact) mass is 351 g/mol. The van der Waals surface area contributed by atoms with E-state index in [2.05, 4.69) is 10.1 Å². The van der Waals surface area contributed by atoms with Gasteiger partial charge in [-0.05, 0) is 37.3 Å². The molecule has 0 saturated heterocycles. The summed E-state index contributed by atoms with van der Waals surface area (Å²) in [5.74, 6) is 0.878. The fourth-order valence-corrected chi connectivity index (χ4v) is 4.00. The molecule has 0 aliphatic heterocycles. The Hall–Kier alpha value is -1.89. The number of hydrogen-bond acceptors (Lipinski definition) is 4. The zero-order chi connectivity index (χ0) is 17.7. The second-order valence-corrected chi connectivity index (χ2v) is 7.30. The summed E-state index contributed by atoms with van der Waals surface area (Å²) in [6.45, 7) is 0. The highest BCUT2D eigenvalue weighted by atomic mass is 19.4. The Balaban J connectivity index is 1.72. The zero-order valence-corrected chi connectivity index (χ0v) is 13.8. The van der Waals surface area contributed by atoms with Gasteiger partial charge in [0.2, 0.25) is 5.89 Å². The third kappa shape index (κ3) is 2.65. The highest BCUT2D eigenvalue weighted by Crippen LogP contribution is 2.49. The van der Waals surface area contributed by atoms with E-state index in [1.165, 1.54) is 12.1 Å². The predicted octanol–water partition coefficient (Wildman–Crippen LogP) is 4.29. The summed E-state index contributed by atoms with van der Waals surface area (Å²) in [5, 5.41) is 4.08. The molecule has 0 atom stereocenters. The third-order valence-electron chi connectivity index (χ3n) is 5.73. The Labute approximate surface area is 143 Å². The fraction of sp³-hybridized carbons (Fsp3) is 0.556. The van der Waals surface area contributed by atoms with E-state index in [0.29, 0.717) is 30.1 Å². The Morgan fingerprint density at radius 3 is 2.36 bits per heavy atom. The molecule has 0 radical (unpaired) electrons. The maximum Gasteiger partial charge on any atom is 0.416 e. The van der Waals surface area contributed by atoms with Crippen LogP contribution in [0.15, 0.2) is 28.8 Å². The van der Waals surface area contributed by atoms with Crippen LogP contribution >= 0.6 is 0 Å². The highest BCUT2D eigenvalue weighted by Gasteiger charge is 2.47. The van der Waals surface area contributed by atoms with Gasteiger partial charge in [-0.25, -0.2) is 0 Å². The quantitative estimate of drug-likeness (QED) is 0.896. The minimum absolute atomic E-state index is 0.393. The van der Waals surface area contributed by atoms with Gasteiger partial charge in [0.25, 0.3) is 0 Å². The molecule has 134 valence electrons. The second-order valence-electron chi connectivity index (χ2n) is 7.30. The lowest BCUT2D eigenvalue weighted by Gasteiger charge is -2.39. The van der Waals surface area contributed by atoms with Crippen molar-refractivity contribution >= 4 is 0 Å². The molecule has 2 fully saturated rings. The average Bonchev–Trinajstić information content (AvgIpc) is 3.16. The largest absolute Gasteiger partial charge is 0.416 e. The summed E-state index contributed by atoms with van der Waals surface area (Å²) in [7, 11) is 0. The number of alkyl halides is 3. The van der Waals surface area contributed by atoms with Gasteiger partial charge in [-0.3, -0.25) is 0 Å². The summed E-state index contributed by atoms with van der Waals surface area (Å²) in [4.78, 5) is 4.54. The van der Waals surface area contributed by atoms with Gasteiger partial charge in [0, 0.05) is 0 Å². The minimum Gasteiger partial charge on any atom is -0.338 e. The lowest BCUT2D eigenvalue weighted by atomic mass is 9.64. The van der Waals surface area contributed by atoms with E-state index in [9.17, 15) is 13.2 Å². The van der Waals surface area contributed by atoms with Crippen LogP contribution in [-0.4, -0.2) is 10.1 Å². The fourth-order valence-electron chi connectivity index (χ4n) is 4.00. The van der Waals surface area contributed by atoms with Crippen LogP contribution in [0.3, 0.4) is 0 Å². The maximum atomic E-state index is 13.1. The van der Waals surface area contributed by atoms with Gasteiger partial charge in [-0.1, -0.05) is 42.6 Å². The van der Waals surface area contributed by atoms with Gasteiger partial charge in [-0.15, -0.1) is 0 Å². The van der Waals surface area contributed by atoms with Crippen LogP contribution in [0.5, 0.6) is 0 Å². The molecule has 2 aliphatic carbocycles. The first kappa shape index (κ1) is 16.6. The van der Waals surface area contributed by atoms with Crippen LogP contribution in [0, 0.1) is 0 Å². The van der Waals surface area contributed by atoms with Crippen molar-refractivity contribution in [2.24, 2.45) is 5.73 Å². The molecule has 2 saturated carbocycles. The highest BCUT2D eigenvalue weighted by molar-refractivity contribution is 5.38. The molecule has 7 heteroatoms. The van der Waals surface area contributed by atoms with E-state index in [0.717, 1.165) is 38.2 Å². The molecule has 2 aromatic rings. The molecule has 25 heavy (non-hydrogen) atoms. The SMILES string of the molecule is NC1(c2noc(C3(c4cccc(C(F)(F)F)c4)CCC3)n2)CCCC1. The van der Waals surface area contributed by atoms with Gasteiger partial charge in [0.1, 0.15) is 0 Å². The molecule has 0 unspecified atom stereocenters. The van der Waals surface area contributed by atoms with Crippen molar-refractivity contribution in [3.05, 3.63) is 47.1 Å². The van der Waals surface area contributed by atoms with Crippen LogP contribution < -0.4 is 5.73 Å². The van der Waals surface area contributed by atoms with Crippen molar-refractivity contribution in [3.63, 3.8) is 0 Å². The molecule has 4 rings (SSSR count). The topological polar surface area (TPSA) is 64.9 Å². The van der Waals surface area contributed by atoms with Gasteiger partial charge >= 0.3 is 6.18 Å². The van der Waals surface area contributed by atoms with Crippen molar-refractivity contribution in [2.45, 2.75) is 62.1 Å². The standard InChI is InChI=1S/C18H20F3N3O/c19-18(20,21)13-6-3-5-12(11-13)16(7-4-8-16)15-23-14(24-25-15)17(22)9-1-2-10-17/h3,5-6,11H,1-2,4,7-10,22H2. The third-order valence-corrected chi connectivity index (χ3v) is 5.73. The van der Waals surface area contributed by atoms with E-state index < -0.39 is 22.7 Å². The van der Waals surface area contributed by atoms with E-state index >= 15 is 0 Å². The van der Waals surface area contributed by atoms with E-state index in [4.69, 9.17) is 10.3 Å². The van der Waals surface area contributed by atoms with Crippen LogP contribution in [0.4, 0.5) is 13.2 Å². The van der Waals surface area contributed by atoms with Crippen molar-refractivity contribution < 1.29 is 17.7 Å². The van der Waals surface area contributed by atoms with E-state index in [-0.39, 0.29) is 0 Å². The summed E-state index contributed by atoms with van der Waals surface area (Å²) >= 11 is 0.